The smallest absolute Gasteiger partial charge is 0.336 e. The Morgan fingerprint density at radius 1 is 1.00 bits per heavy atom. The lowest BCUT2D eigenvalue weighted by molar-refractivity contribution is -0.280. The number of hydrogen-bond donors (Lipinski definition) is 9. The number of carboxylic acid groups (broad SMARTS) is 1. The van der Waals surface area contributed by atoms with Gasteiger partial charge < -0.3 is 65.7 Å². The van der Waals surface area contributed by atoms with Crippen LogP contribution in [0.15, 0.2) is 72.8 Å². The minimum absolute atomic E-state index is 0.0371. The summed E-state index contributed by atoms with van der Waals surface area (Å²) in [6.45, 7) is -1.44. The predicted molar refractivity (Wildman–Crippen MR) is 218 cm³/mol. The predicted octanol–water partition coefficient (Wildman–Crippen LogP) is 2.23. The highest BCUT2D eigenvalue weighted by Gasteiger charge is 2.64. The highest BCUT2D eigenvalue weighted by atomic mass is 16.6. The maximum absolute atomic E-state index is 14.3. The second-order valence-corrected chi connectivity index (χ2v) is 15.1. The lowest BCUT2D eigenvalue weighted by Gasteiger charge is -2.56. The third kappa shape index (κ3) is 11.0. The average Bonchev–Trinajstić information content (AvgIpc) is 3.23. The Morgan fingerprint density at radius 2 is 1.75 bits per heavy atom. The first kappa shape index (κ1) is 45.9. The molecule has 10 N–H and O–H groups in total. The summed E-state index contributed by atoms with van der Waals surface area (Å²) in [6.07, 6.45) is 1.07. The number of aromatic hydroxyl groups is 3. The number of ether oxygens (including phenoxy) is 4. The Kier molecular flexibility index (Phi) is 16.0. The highest BCUT2D eigenvalue weighted by Crippen LogP contribution is 2.47. The van der Waals surface area contributed by atoms with Gasteiger partial charge in [-0.25, -0.2) is 4.79 Å². The van der Waals surface area contributed by atoms with Crippen LogP contribution >= 0.6 is 0 Å². The van der Waals surface area contributed by atoms with E-state index in [0.717, 1.165) is 11.6 Å². The van der Waals surface area contributed by atoms with Crippen LogP contribution in [-0.4, -0.2) is 129 Å². The van der Waals surface area contributed by atoms with Gasteiger partial charge in [-0.3, -0.25) is 9.59 Å². The number of fused-ring (bicyclic) bond motifs is 1. The number of nitrogens with two attached hydrogens (primary N) is 1. The van der Waals surface area contributed by atoms with Gasteiger partial charge in [0, 0.05) is 19.4 Å². The molecule has 7 atom stereocenters. The molecule has 1 aliphatic carbocycles. The van der Waals surface area contributed by atoms with E-state index in [2.05, 4.69) is 5.32 Å². The van der Waals surface area contributed by atoms with E-state index in [1.807, 2.05) is 30.3 Å². The third-order valence-electron chi connectivity index (χ3n) is 11.0. The standard InChI is InChI=1S/C44H54N2O14/c1-46-40(23-48)44-26-43(42(55)56,59-25-32(49)12-9-28-10-14-38(36(53)17-28)57-16-15-45)21-37(54)41(44)58-24-29(8-7-27-5-3-2-4-6-27)18-39(60-44)33(50)13-11-30-19-34(51)35(52)20-31(30)22-47/h2-6,9-14,17,19-20,29,37,39-41,46-48,51-54H,7-8,15-16,18,21-26,45H2,1H3,(H,55,56). The molecule has 16 nitrogen and oxygen atoms in total. The number of hydrogen-bond acceptors (Lipinski definition) is 15. The molecule has 1 saturated heterocycles. The molecular formula is C44H54N2O14. The molecule has 3 aromatic carbocycles. The summed E-state index contributed by atoms with van der Waals surface area (Å²) in [7, 11) is 1.50. The Morgan fingerprint density at radius 3 is 2.42 bits per heavy atom. The van der Waals surface area contributed by atoms with Crippen LogP contribution in [0.2, 0.25) is 0 Å². The number of aliphatic carboxylic acids is 1. The van der Waals surface area contributed by atoms with Gasteiger partial charge in [0.15, 0.2) is 40.2 Å². The van der Waals surface area contributed by atoms with Crippen molar-refractivity contribution in [2.45, 2.75) is 74.3 Å². The monoisotopic (exact) mass is 834 g/mol. The lowest BCUT2D eigenvalue weighted by atomic mass is 9.67. The van der Waals surface area contributed by atoms with Crippen LogP contribution in [0.4, 0.5) is 0 Å². The van der Waals surface area contributed by atoms with Crippen molar-refractivity contribution in [1.29, 1.82) is 0 Å². The molecule has 324 valence electrons. The van der Waals surface area contributed by atoms with E-state index in [1.165, 1.54) is 49.5 Å². The largest absolute Gasteiger partial charge is 0.504 e. The molecule has 3 aromatic rings. The fourth-order valence-electron chi connectivity index (χ4n) is 7.88. The van der Waals surface area contributed by atoms with Crippen LogP contribution < -0.4 is 15.8 Å². The molecule has 60 heavy (non-hydrogen) atoms. The molecule has 16 heteroatoms. The number of aliphatic hydroxyl groups is 3. The Bertz CT molecular complexity index is 2000. The summed E-state index contributed by atoms with van der Waals surface area (Å²) in [6, 6.07) is 15.4. The molecule has 2 aliphatic rings. The van der Waals surface area contributed by atoms with Gasteiger partial charge in [0.1, 0.15) is 31.0 Å². The number of ketones is 2. The van der Waals surface area contributed by atoms with Gasteiger partial charge >= 0.3 is 5.97 Å². The fourth-order valence-corrected chi connectivity index (χ4v) is 7.88. The van der Waals surface area contributed by atoms with E-state index in [0.29, 0.717) is 18.4 Å². The van der Waals surface area contributed by atoms with E-state index in [-0.39, 0.29) is 54.7 Å². The SMILES string of the molecule is CNC(CO)C12CC(OCC(=O)C=Cc3ccc(OCCN)c(O)c3)(C(=O)O)CC(O)C1OCC(CCc1ccccc1)CC(C(=O)C=Cc1cc(O)c(O)cc1CO)O2. The van der Waals surface area contributed by atoms with Crippen molar-refractivity contribution in [3.8, 4) is 23.0 Å². The maximum Gasteiger partial charge on any atom is 0.336 e. The number of carbonyl (C=O) groups is 3. The quantitative estimate of drug-likeness (QED) is 0.0619. The average molecular weight is 835 g/mol. The molecule has 2 fully saturated rings. The Labute approximate surface area is 347 Å². The van der Waals surface area contributed by atoms with Crippen LogP contribution in [0.3, 0.4) is 0 Å². The number of phenolic OH excluding ortho intramolecular Hbond substituents is 3. The second-order valence-electron chi connectivity index (χ2n) is 15.1. The normalized spacial score (nSPS) is 25.0. The van der Waals surface area contributed by atoms with Crippen LogP contribution in [-0.2, 0) is 41.6 Å². The number of likely N-dealkylation sites (N-methyl/N-ethyl adjacent to an activating group) is 1. The van der Waals surface area contributed by atoms with E-state index >= 15 is 0 Å². The van der Waals surface area contributed by atoms with Gasteiger partial charge in [-0.2, -0.15) is 0 Å². The van der Waals surface area contributed by atoms with Crippen LogP contribution in [0.25, 0.3) is 12.2 Å². The van der Waals surface area contributed by atoms with E-state index in [9.17, 15) is 50.1 Å². The summed E-state index contributed by atoms with van der Waals surface area (Å²) in [5.74, 6) is -3.96. The second kappa shape index (κ2) is 20.9. The third-order valence-corrected chi connectivity index (χ3v) is 11.0. The van der Waals surface area contributed by atoms with Gasteiger partial charge in [0.05, 0.1) is 32.0 Å². The molecule has 1 heterocycles. The van der Waals surface area contributed by atoms with Gasteiger partial charge in [0.25, 0.3) is 0 Å². The molecule has 0 aromatic heterocycles. The summed E-state index contributed by atoms with van der Waals surface area (Å²) in [5.41, 5.74) is 3.19. The molecule has 1 aliphatic heterocycles. The number of benzene rings is 3. The molecule has 0 amide bonds. The van der Waals surface area contributed by atoms with Crippen LogP contribution in [0.5, 0.6) is 23.0 Å². The van der Waals surface area contributed by atoms with Crippen molar-refractivity contribution in [3.63, 3.8) is 0 Å². The van der Waals surface area contributed by atoms with Crippen molar-refractivity contribution in [1.82, 2.24) is 5.32 Å². The first-order chi connectivity index (χ1) is 28.8. The molecule has 0 bridgehead atoms. The number of nitrogens with one attached hydrogen (secondary N) is 1. The minimum Gasteiger partial charge on any atom is -0.504 e. The van der Waals surface area contributed by atoms with Crippen molar-refractivity contribution < 1.29 is 69.1 Å². The fraction of sp³-hybridized carbons (Fsp3) is 0.432. The van der Waals surface area contributed by atoms with Gasteiger partial charge in [-0.15, -0.1) is 0 Å². The van der Waals surface area contributed by atoms with E-state index < -0.39 is 97.3 Å². The molecule has 1 saturated carbocycles. The van der Waals surface area contributed by atoms with Gasteiger partial charge in [-0.05, 0) is 90.9 Å². The summed E-state index contributed by atoms with van der Waals surface area (Å²) < 4.78 is 24.5. The van der Waals surface area contributed by atoms with E-state index in [1.54, 1.807) is 6.07 Å². The zero-order valence-electron chi connectivity index (χ0n) is 33.3. The summed E-state index contributed by atoms with van der Waals surface area (Å²) >= 11 is 0. The number of carboxylic acids is 1. The number of phenols is 3. The molecule has 0 spiro atoms. The van der Waals surface area contributed by atoms with Crippen LogP contribution in [0, 0.1) is 5.92 Å². The van der Waals surface area contributed by atoms with Crippen molar-refractivity contribution >= 4 is 29.7 Å². The summed E-state index contributed by atoms with van der Waals surface area (Å²) in [5, 5.41) is 76.6. The minimum atomic E-state index is -2.28. The number of carbonyl (C=O) groups excluding carboxylic acids is 2. The molecule has 5 rings (SSSR count). The summed E-state index contributed by atoms with van der Waals surface area (Å²) in [4.78, 5) is 40.7. The van der Waals surface area contributed by atoms with Gasteiger partial charge in [-0.1, -0.05) is 48.6 Å². The highest BCUT2D eigenvalue weighted by molar-refractivity contribution is 5.97. The van der Waals surface area contributed by atoms with Crippen molar-refractivity contribution in [2.75, 3.05) is 40.0 Å². The molecule has 7 unspecified atom stereocenters. The topological polar surface area (TPSA) is 268 Å². The first-order valence-electron chi connectivity index (χ1n) is 19.7. The van der Waals surface area contributed by atoms with Gasteiger partial charge in [0.2, 0.25) is 0 Å². The zero-order chi connectivity index (χ0) is 43.5. The van der Waals surface area contributed by atoms with Crippen LogP contribution in [0.1, 0.15) is 47.9 Å². The number of rotatable bonds is 19. The zero-order valence-corrected chi connectivity index (χ0v) is 33.3. The van der Waals surface area contributed by atoms with Crippen molar-refractivity contribution in [2.24, 2.45) is 11.7 Å². The Hall–Kier alpha value is -5.17. The lowest BCUT2D eigenvalue weighted by Crippen LogP contribution is -2.73. The maximum atomic E-state index is 14.3. The first-order valence-corrected chi connectivity index (χ1v) is 19.7. The number of aliphatic hydroxyl groups excluding tert-OH is 3. The Balaban J connectivity index is 1.47. The van der Waals surface area contributed by atoms with Crippen molar-refractivity contribution in [3.05, 3.63) is 95.1 Å². The molecule has 0 radical (unpaired) electrons. The number of aryl methyl sites for hydroxylation is 1. The van der Waals surface area contributed by atoms with E-state index in [4.69, 9.17) is 24.7 Å². The molecular weight excluding hydrogens is 780 g/mol.